The summed E-state index contributed by atoms with van der Waals surface area (Å²) in [4.78, 5) is 2.49. The molecule has 5 nitrogen and oxygen atoms in total. The Balaban J connectivity index is 2.03. The highest BCUT2D eigenvalue weighted by molar-refractivity contribution is 7.89. The van der Waals surface area contributed by atoms with Crippen molar-refractivity contribution in [2.24, 2.45) is 5.73 Å². The fourth-order valence-corrected chi connectivity index (χ4v) is 4.01. The van der Waals surface area contributed by atoms with Gasteiger partial charge in [0.25, 0.3) is 0 Å². The molecule has 0 radical (unpaired) electrons. The predicted octanol–water partition coefficient (Wildman–Crippen LogP) is 1.38. The maximum absolute atomic E-state index is 12.5. The van der Waals surface area contributed by atoms with Crippen LogP contribution in [0.5, 0.6) is 0 Å². The van der Waals surface area contributed by atoms with E-state index in [2.05, 4.69) is 4.90 Å². The molecule has 1 aliphatic rings. The smallest absolute Gasteiger partial charge is 0.243 e. The summed E-state index contributed by atoms with van der Waals surface area (Å²) in [5, 5.41) is 0.531. The average molecular weight is 332 g/mol. The predicted molar refractivity (Wildman–Crippen MR) is 84.9 cm³/mol. The van der Waals surface area contributed by atoms with Crippen LogP contribution in [0.25, 0.3) is 0 Å². The monoisotopic (exact) mass is 331 g/mol. The number of hydrogen-bond donors (Lipinski definition) is 1. The molecule has 1 aromatic rings. The molecule has 0 bridgehead atoms. The summed E-state index contributed by atoms with van der Waals surface area (Å²) in [5.41, 5.74) is 5.74. The largest absolute Gasteiger partial charge is 0.324 e. The third kappa shape index (κ3) is 4.40. The van der Waals surface area contributed by atoms with Gasteiger partial charge in [-0.3, -0.25) is 4.90 Å². The summed E-state index contributed by atoms with van der Waals surface area (Å²) >= 11 is 5.80. The van der Waals surface area contributed by atoms with E-state index in [1.165, 1.54) is 4.31 Å². The van der Waals surface area contributed by atoms with Crippen LogP contribution < -0.4 is 5.73 Å². The van der Waals surface area contributed by atoms with Crippen molar-refractivity contribution in [3.05, 3.63) is 29.3 Å². The zero-order valence-corrected chi connectivity index (χ0v) is 14.0. The van der Waals surface area contributed by atoms with E-state index < -0.39 is 10.0 Å². The second-order valence-corrected chi connectivity index (χ2v) is 8.50. The third-order valence-electron chi connectivity index (χ3n) is 3.41. The van der Waals surface area contributed by atoms with E-state index in [1.54, 1.807) is 24.3 Å². The van der Waals surface area contributed by atoms with Crippen molar-refractivity contribution in [1.82, 2.24) is 9.21 Å². The second-order valence-electron chi connectivity index (χ2n) is 6.12. The summed E-state index contributed by atoms with van der Waals surface area (Å²) in [7, 11) is -3.43. The Kier molecular flexibility index (Phi) is 4.95. The van der Waals surface area contributed by atoms with Gasteiger partial charge in [-0.1, -0.05) is 11.6 Å². The van der Waals surface area contributed by atoms with Crippen LogP contribution in [0.2, 0.25) is 5.02 Å². The zero-order valence-electron chi connectivity index (χ0n) is 12.4. The van der Waals surface area contributed by atoms with Gasteiger partial charge in [-0.2, -0.15) is 4.31 Å². The molecular weight excluding hydrogens is 310 g/mol. The first kappa shape index (κ1) is 16.7. The molecule has 0 aromatic heterocycles. The minimum atomic E-state index is -3.43. The molecule has 7 heteroatoms. The van der Waals surface area contributed by atoms with Gasteiger partial charge < -0.3 is 5.73 Å². The Morgan fingerprint density at radius 1 is 1.14 bits per heavy atom. The van der Waals surface area contributed by atoms with E-state index in [0.717, 1.165) is 6.54 Å². The molecule has 0 saturated carbocycles. The van der Waals surface area contributed by atoms with E-state index in [0.29, 0.717) is 36.1 Å². The van der Waals surface area contributed by atoms with Crippen molar-refractivity contribution in [1.29, 1.82) is 0 Å². The molecule has 1 heterocycles. The Labute approximate surface area is 131 Å². The van der Waals surface area contributed by atoms with Gasteiger partial charge in [0.1, 0.15) is 0 Å². The van der Waals surface area contributed by atoms with E-state index in [-0.39, 0.29) is 5.54 Å². The maximum Gasteiger partial charge on any atom is 0.243 e. The Hall–Kier alpha value is -0.660. The molecule has 2 rings (SSSR count). The van der Waals surface area contributed by atoms with E-state index in [1.807, 2.05) is 13.8 Å². The Morgan fingerprint density at radius 2 is 1.67 bits per heavy atom. The number of hydrogen-bond acceptors (Lipinski definition) is 4. The number of nitrogens with zero attached hydrogens (tertiary/aromatic N) is 2. The van der Waals surface area contributed by atoms with Crippen molar-refractivity contribution in [2.75, 3.05) is 32.7 Å². The lowest BCUT2D eigenvalue weighted by atomic mass is 10.1. The number of benzene rings is 1. The lowest BCUT2D eigenvalue weighted by Gasteiger charge is -2.37. The van der Waals surface area contributed by atoms with Crippen LogP contribution in [0.1, 0.15) is 13.8 Å². The SMILES string of the molecule is CC(C)(N)CN1CCN(S(=O)(=O)c2ccc(Cl)cc2)CC1. The molecule has 0 aliphatic carbocycles. The molecule has 0 unspecified atom stereocenters. The summed E-state index contributed by atoms with van der Waals surface area (Å²) in [5.74, 6) is 0. The molecule has 1 aromatic carbocycles. The van der Waals surface area contributed by atoms with Crippen LogP contribution in [0.3, 0.4) is 0 Å². The molecule has 2 N–H and O–H groups in total. The van der Waals surface area contributed by atoms with Gasteiger partial charge in [-0.15, -0.1) is 0 Å². The minimum Gasteiger partial charge on any atom is -0.324 e. The Bertz CT molecular complexity index is 573. The zero-order chi connectivity index (χ0) is 15.7. The van der Waals surface area contributed by atoms with Crippen LogP contribution in [-0.4, -0.2) is 55.9 Å². The summed E-state index contributed by atoms with van der Waals surface area (Å²) in [6.45, 7) is 7.10. The molecule has 21 heavy (non-hydrogen) atoms. The number of sulfonamides is 1. The van der Waals surface area contributed by atoms with Crippen LogP contribution >= 0.6 is 11.6 Å². The lowest BCUT2D eigenvalue weighted by molar-refractivity contribution is 0.162. The number of halogens is 1. The molecule has 0 atom stereocenters. The van der Waals surface area contributed by atoms with Crippen LogP contribution in [0.15, 0.2) is 29.2 Å². The molecule has 0 spiro atoms. The number of piperazine rings is 1. The van der Waals surface area contributed by atoms with Crippen molar-refractivity contribution in [3.8, 4) is 0 Å². The summed E-state index contributed by atoms with van der Waals surface area (Å²) in [6.07, 6.45) is 0. The van der Waals surface area contributed by atoms with Crippen molar-refractivity contribution in [3.63, 3.8) is 0 Å². The first-order chi connectivity index (χ1) is 9.68. The summed E-state index contributed by atoms with van der Waals surface area (Å²) < 4.78 is 26.6. The van der Waals surface area contributed by atoms with E-state index >= 15 is 0 Å². The number of rotatable bonds is 4. The average Bonchev–Trinajstić information content (AvgIpc) is 2.38. The van der Waals surface area contributed by atoms with Crippen molar-refractivity contribution >= 4 is 21.6 Å². The molecular formula is C14H22ClN3O2S. The van der Waals surface area contributed by atoms with Gasteiger partial charge in [-0.05, 0) is 38.1 Å². The highest BCUT2D eigenvalue weighted by Crippen LogP contribution is 2.20. The Morgan fingerprint density at radius 3 is 2.14 bits per heavy atom. The number of nitrogens with two attached hydrogens (primary N) is 1. The van der Waals surface area contributed by atoms with Gasteiger partial charge >= 0.3 is 0 Å². The van der Waals surface area contributed by atoms with Gasteiger partial charge in [0.05, 0.1) is 4.90 Å². The van der Waals surface area contributed by atoms with E-state index in [4.69, 9.17) is 17.3 Å². The van der Waals surface area contributed by atoms with Gasteiger partial charge in [0, 0.05) is 43.3 Å². The van der Waals surface area contributed by atoms with Crippen LogP contribution in [0, 0.1) is 0 Å². The standard InChI is InChI=1S/C14H22ClN3O2S/c1-14(2,16)11-17-7-9-18(10-8-17)21(19,20)13-5-3-12(15)4-6-13/h3-6H,7-11,16H2,1-2H3. The molecule has 118 valence electrons. The third-order valence-corrected chi connectivity index (χ3v) is 5.58. The van der Waals surface area contributed by atoms with E-state index in [9.17, 15) is 8.42 Å². The van der Waals surface area contributed by atoms with Crippen molar-refractivity contribution < 1.29 is 8.42 Å². The molecule has 0 amide bonds. The fraction of sp³-hybridized carbons (Fsp3) is 0.571. The second kappa shape index (κ2) is 6.22. The lowest BCUT2D eigenvalue weighted by Crippen LogP contribution is -2.53. The normalized spacial score (nSPS) is 18.9. The topological polar surface area (TPSA) is 66.6 Å². The van der Waals surface area contributed by atoms with Gasteiger partial charge in [-0.25, -0.2) is 8.42 Å². The highest BCUT2D eigenvalue weighted by atomic mass is 35.5. The first-order valence-electron chi connectivity index (χ1n) is 6.95. The van der Waals surface area contributed by atoms with Crippen LogP contribution in [0.4, 0.5) is 0 Å². The minimum absolute atomic E-state index is 0.267. The van der Waals surface area contributed by atoms with Gasteiger partial charge in [0.15, 0.2) is 0 Å². The summed E-state index contributed by atoms with van der Waals surface area (Å²) in [6, 6.07) is 6.29. The quantitative estimate of drug-likeness (QED) is 0.905. The highest BCUT2D eigenvalue weighted by Gasteiger charge is 2.29. The van der Waals surface area contributed by atoms with Crippen molar-refractivity contribution in [2.45, 2.75) is 24.3 Å². The molecule has 1 aliphatic heterocycles. The fourth-order valence-electron chi connectivity index (χ4n) is 2.46. The molecule has 1 saturated heterocycles. The van der Waals surface area contributed by atoms with Crippen LogP contribution in [-0.2, 0) is 10.0 Å². The van der Waals surface area contributed by atoms with Gasteiger partial charge in [0.2, 0.25) is 10.0 Å². The first-order valence-corrected chi connectivity index (χ1v) is 8.77. The maximum atomic E-state index is 12.5. The molecule has 1 fully saturated rings.